The van der Waals surface area contributed by atoms with Crippen LogP contribution in [0.15, 0.2) is 46.2 Å². The van der Waals surface area contributed by atoms with E-state index in [1.165, 1.54) is 0 Å². The molecule has 2 aliphatic rings. The molecular formula is C28H37BrN4O4. The smallest absolute Gasteiger partial charge is 0.347 e. The second-order valence-corrected chi connectivity index (χ2v) is 11.7. The fourth-order valence-corrected chi connectivity index (χ4v) is 6.09. The van der Waals surface area contributed by atoms with E-state index in [4.69, 9.17) is 4.84 Å². The Kier molecular flexibility index (Phi) is 8.21. The lowest BCUT2D eigenvalue weighted by atomic mass is 9.81. The first kappa shape index (κ1) is 27.9. The number of halogens is 1. The Morgan fingerprint density at radius 2 is 1.73 bits per heavy atom. The minimum absolute atomic E-state index is 0.116. The quantitative estimate of drug-likeness (QED) is 0.193. The third-order valence-corrected chi connectivity index (χ3v) is 8.96. The maximum atomic E-state index is 14.2. The summed E-state index contributed by atoms with van der Waals surface area (Å²) in [4.78, 5) is 23.0. The van der Waals surface area contributed by atoms with Crippen molar-refractivity contribution in [1.82, 2.24) is 4.98 Å². The molecule has 0 unspecified atom stereocenters. The summed E-state index contributed by atoms with van der Waals surface area (Å²) < 4.78 is -0.248. The molecule has 2 saturated heterocycles. The molecule has 0 N–H and O–H groups in total. The highest BCUT2D eigenvalue weighted by Gasteiger charge is 2.50. The first-order valence-electron chi connectivity index (χ1n) is 13.1. The van der Waals surface area contributed by atoms with Crippen molar-refractivity contribution >= 4 is 27.5 Å². The van der Waals surface area contributed by atoms with Gasteiger partial charge in [-0.1, -0.05) is 33.2 Å². The van der Waals surface area contributed by atoms with Crippen LogP contribution in [0.1, 0.15) is 66.7 Å². The first-order chi connectivity index (χ1) is 17.5. The summed E-state index contributed by atoms with van der Waals surface area (Å²) in [6, 6.07) is 9.78. The molecule has 2 fully saturated rings. The number of pyridine rings is 1. The molecule has 3 heterocycles. The second kappa shape index (κ2) is 10.9. The number of carbonyl (C=O) groups excluding carboxylic acids is 1. The number of hydrogen-bond donors (Lipinski definition) is 0. The van der Waals surface area contributed by atoms with Crippen LogP contribution in [-0.4, -0.2) is 64.2 Å². The van der Waals surface area contributed by atoms with Gasteiger partial charge in [0.25, 0.3) is 0 Å². The number of quaternary nitrogens is 2. The van der Waals surface area contributed by atoms with Crippen molar-refractivity contribution in [2.75, 3.05) is 32.8 Å². The molecule has 1 aromatic heterocycles. The van der Waals surface area contributed by atoms with Crippen molar-refractivity contribution in [3.63, 3.8) is 0 Å². The van der Waals surface area contributed by atoms with Crippen LogP contribution in [0.4, 0.5) is 0 Å². The predicted molar refractivity (Wildman–Crippen MR) is 147 cm³/mol. The van der Waals surface area contributed by atoms with E-state index in [1.54, 1.807) is 19.2 Å². The molecular weight excluding hydrogens is 536 g/mol. The van der Waals surface area contributed by atoms with Gasteiger partial charge >= 0.3 is 5.91 Å². The van der Waals surface area contributed by atoms with Crippen LogP contribution < -0.4 is 0 Å². The summed E-state index contributed by atoms with van der Waals surface area (Å²) in [6.07, 6.45) is 3.89. The van der Waals surface area contributed by atoms with Crippen molar-refractivity contribution in [2.24, 2.45) is 11.1 Å². The summed E-state index contributed by atoms with van der Waals surface area (Å²) in [5.41, 5.74) is 3.06. The van der Waals surface area contributed by atoms with Gasteiger partial charge in [-0.05, 0) is 57.0 Å². The van der Waals surface area contributed by atoms with Crippen LogP contribution in [0.5, 0.6) is 0 Å². The van der Waals surface area contributed by atoms with Crippen molar-refractivity contribution < 1.29 is 18.9 Å². The third-order valence-electron chi connectivity index (χ3n) is 8.44. The number of hydroxylamine groups is 6. The number of oxime groups is 1. The average molecular weight is 574 g/mol. The Hall–Kier alpha value is -2.17. The highest BCUT2D eigenvalue weighted by atomic mass is 79.9. The zero-order valence-electron chi connectivity index (χ0n) is 22.2. The van der Waals surface area contributed by atoms with Gasteiger partial charge in [0.15, 0.2) is 0 Å². The fraction of sp³-hybridized carbons (Fsp3) is 0.536. The van der Waals surface area contributed by atoms with Crippen molar-refractivity contribution in [2.45, 2.75) is 58.9 Å². The minimum Gasteiger partial charge on any atom is -0.632 e. The molecule has 9 heteroatoms. The van der Waals surface area contributed by atoms with E-state index in [1.807, 2.05) is 45.0 Å². The Bertz CT molecular complexity index is 1130. The van der Waals surface area contributed by atoms with E-state index in [2.05, 4.69) is 26.1 Å². The summed E-state index contributed by atoms with van der Waals surface area (Å²) in [5.74, 6) is -0.305. The van der Waals surface area contributed by atoms with Gasteiger partial charge in [0.2, 0.25) is 0 Å². The lowest BCUT2D eigenvalue weighted by Crippen LogP contribution is -2.68. The van der Waals surface area contributed by atoms with E-state index in [0.29, 0.717) is 56.6 Å². The SMILES string of the molecule is CCON=C(c1ccc(Br)cc1)C1CC[N+]([O-])(C2(C)CC[N+]([O-])(C(=O)c3c(C)ccnc3C)CC2)CC1. The Morgan fingerprint density at radius 3 is 2.30 bits per heavy atom. The first-order valence-corrected chi connectivity index (χ1v) is 13.9. The highest BCUT2D eigenvalue weighted by molar-refractivity contribution is 9.10. The van der Waals surface area contributed by atoms with E-state index in [0.717, 1.165) is 21.3 Å². The molecule has 1 amide bonds. The van der Waals surface area contributed by atoms with Crippen LogP contribution in [0.2, 0.25) is 0 Å². The fourth-order valence-electron chi connectivity index (χ4n) is 5.83. The zero-order chi connectivity index (χ0) is 26.8. The van der Waals surface area contributed by atoms with Crippen LogP contribution in [0.25, 0.3) is 0 Å². The van der Waals surface area contributed by atoms with Crippen LogP contribution in [0, 0.1) is 30.2 Å². The number of aryl methyl sites for hydroxylation is 2. The molecule has 2 aromatic rings. The lowest BCUT2D eigenvalue weighted by Gasteiger charge is -2.61. The van der Waals surface area contributed by atoms with Crippen molar-refractivity contribution in [3.8, 4) is 0 Å². The molecule has 0 saturated carbocycles. The number of amides is 1. The Labute approximate surface area is 227 Å². The monoisotopic (exact) mass is 572 g/mol. The Balaban J connectivity index is 1.46. The van der Waals surface area contributed by atoms with Gasteiger partial charge in [-0.25, -0.2) is 4.79 Å². The average Bonchev–Trinajstić information content (AvgIpc) is 2.88. The molecule has 0 spiro atoms. The van der Waals surface area contributed by atoms with Gasteiger partial charge < -0.3 is 19.9 Å². The maximum Gasteiger partial charge on any atom is 0.347 e. The third kappa shape index (κ3) is 5.52. The molecule has 1 aromatic carbocycles. The number of likely N-dealkylation sites (tertiary alicyclic amines) is 2. The molecule has 8 nitrogen and oxygen atoms in total. The summed E-state index contributed by atoms with van der Waals surface area (Å²) in [6.45, 7) is 9.13. The predicted octanol–water partition coefficient (Wildman–Crippen LogP) is 5.63. The number of benzene rings is 1. The number of aromatic nitrogens is 1. The molecule has 37 heavy (non-hydrogen) atoms. The van der Waals surface area contributed by atoms with Gasteiger partial charge in [0.05, 0.1) is 50.4 Å². The highest BCUT2D eigenvalue weighted by Crippen LogP contribution is 2.41. The summed E-state index contributed by atoms with van der Waals surface area (Å²) in [5, 5.41) is 32.3. The zero-order valence-corrected chi connectivity index (χ0v) is 23.8. The van der Waals surface area contributed by atoms with Crippen LogP contribution in [-0.2, 0) is 4.84 Å². The van der Waals surface area contributed by atoms with E-state index in [-0.39, 0.29) is 23.7 Å². The molecule has 0 atom stereocenters. The van der Waals surface area contributed by atoms with Gasteiger partial charge in [-0.15, -0.1) is 0 Å². The topological polar surface area (TPSA) is 97.7 Å². The van der Waals surface area contributed by atoms with E-state index >= 15 is 0 Å². The summed E-state index contributed by atoms with van der Waals surface area (Å²) >= 11 is 3.48. The van der Waals surface area contributed by atoms with Gasteiger partial charge in [-0.2, -0.15) is 0 Å². The van der Waals surface area contributed by atoms with Crippen molar-refractivity contribution in [3.05, 3.63) is 73.8 Å². The largest absolute Gasteiger partial charge is 0.632 e. The number of piperidine rings is 2. The maximum absolute atomic E-state index is 14.2. The van der Waals surface area contributed by atoms with Crippen molar-refractivity contribution in [1.29, 1.82) is 0 Å². The number of carbonyl (C=O) groups is 1. The summed E-state index contributed by atoms with van der Waals surface area (Å²) in [7, 11) is 0. The lowest BCUT2D eigenvalue weighted by molar-refractivity contribution is -0.949. The molecule has 200 valence electrons. The van der Waals surface area contributed by atoms with Crippen LogP contribution in [0.3, 0.4) is 0 Å². The van der Waals surface area contributed by atoms with Crippen LogP contribution >= 0.6 is 15.9 Å². The van der Waals surface area contributed by atoms with E-state index < -0.39 is 16.1 Å². The molecule has 0 bridgehead atoms. The molecule has 2 aliphatic heterocycles. The molecule has 0 radical (unpaired) electrons. The number of nitrogens with zero attached hydrogens (tertiary/aromatic N) is 4. The minimum atomic E-state index is -0.916. The van der Waals surface area contributed by atoms with E-state index in [9.17, 15) is 15.2 Å². The molecule has 4 rings (SSSR count). The van der Waals surface area contributed by atoms with Gasteiger partial charge in [-0.3, -0.25) is 9.63 Å². The number of hydrogen-bond acceptors (Lipinski definition) is 6. The second-order valence-electron chi connectivity index (χ2n) is 10.7. The Morgan fingerprint density at radius 1 is 1.11 bits per heavy atom. The van der Waals surface area contributed by atoms with Gasteiger partial charge in [0, 0.05) is 29.4 Å². The standard InChI is InChI=1S/C28H37BrN4O4/c1-5-37-31-26(22-6-8-24(29)9-7-22)23-11-16-33(36,17-12-23)28(4)13-18-32(35,19-14-28)27(34)25-20(2)10-15-30-21(25)3/h6-10,15,23H,5,11-14,16-19H2,1-4H3. The molecule has 0 aliphatic carbocycles. The normalized spacial score (nSPS) is 30.7. The number of rotatable bonds is 6. The van der Waals surface area contributed by atoms with Gasteiger partial charge in [0.1, 0.15) is 17.7 Å².